The van der Waals surface area contributed by atoms with Gasteiger partial charge in [0.05, 0.1) is 0 Å². The second-order valence-electron chi connectivity index (χ2n) is 2.65. The zero-order valence-electron chi connectivity index (χ0n) is 6.36. The van der Waals surface area contributed by atoms with Gasteiger partial charge in [-0.2, -0.15) is 0 Å². The van der Waals surface area contributed by atoms with E-state index in [0.717, 1.165) is 15.2 Å². The molecule has 0 amide bonds. The zero-order chi connectivity index (χ0) is 8.55. The second-order valence-corrected chi connectivity index (χ2v) is 3.62. The fourth-order valence-corrected chi connectivity index (χ4v) is 2.06. The molecule has 0 fully saturated rings. The SMILES string of the molecule is Sc1cccc2cccc(S)c12. The molecule has 0 saturated heterocycles. The van der Waals surface area contributed by atoms with Crippen LogP contribution in [0.4, 0.5) is 0 Å². The number of hydrogen-bond acceptors (Lipinski definition) is 2. The third-order valence-corrected chi connectivity index (χ3v) is 2.61. The van der Waals surface area contributed by atoms with Crippen molar-refractivity contribution in [2.24, 2.45) is 0 Å². The number of rotatable bonds is 0. The van der Waals surface area contributed by atoms with Gasteiger partial charge in [-0.05, 0) is 17.5 Å². The Labute approximate surface area is 82.4 Å². The summed E-state index contributed by atoms with van der Waals surface area (Å²) in [6.07, 6.45) is 0. The van der Waals surface area contributed by atoms with Crippen molar-refractivity contribution in [1.29, 1.82) is 0 Å². The Balaban J connectivity index is 2.96. The summed E-state index contributed by atoms with van der Waals surface area (Å²) in [7, 11) is 0. The van der Waals surface area contributed by atoms with Crippen molar-refractivity contribution >= 4 is 36.0 Å². The highest BCUT2D eigenvalue weighted by Gasteiger charge is 1.99. The summed E-state index contributed by atoms with van der Waals surface area (Å²) in [4.78, 5) is 1.97. The molecule has 0 aromatic heterocycles. The minimum absolute atomic E-state index is 0.984. The second kappa shape index (κ2) is 3.04. The molecular weight excluding hydrogens is 184 g/mol. The topological polar surface area (TPSA) is 0 Å². The summed E-state index contributed by atoms with van der Waals surface area (Å²) >= 11 is 8.74. The number of hydrogen-bond donors (Lipinski definition) is 2. The molecule has 0 saturated carbocycles. The molecule has 2 aromatic carbocycles. The van der Waals surface area contributed by atoms with Crippen molar-refractivity contribution in [3.63, 3.8) is 0 Å². The van der Waals surface area contributed by atoms with E-state index in [2.05, 4.69) is 37.4 Å². The van der Waals surface area contributed by atoms with Crippen LogP contribution in [0.1, 0.15) is 0 Å². The molecule has 0 aliphatic rings. The smallest absolute Gasteiger partial charge is 0.0130 e. The maximum Gasteiger partial charge on any atom is 0.0130 e. The Morgan fingerprint density at radius 3 is 1.67 bits per heavy atom. The van der Waals surface area contributed by atoms with Gasteiger partial charge in [0.15, 0.2) is 0 Å². The lowest BCUT2D eigenvalue weighted by atomic mass is 10.1. The van der Waals surface area contributed by atoms with Crippen molar-refractivity contribution < 1.29 is 0 Å². The first-order valence-corrected chi connectivity index (χ1v) is 4.58. The van der Waals surface area contributed by atoms with Crippen LogP contribution < -0.4 is 0 Å². The summed E-state index contributed by atoms with van der Waals surface area (Å²) in [6.45, 7) is 0. The normalized spacial score (nSPS) is 10.5. The molecule has 2 rings (SSSR count). The van der Waals surface area contributed by atoms with Gasteiger partial charge in [0, 0.05) is 15.2 Å². The molecule has 0 atom stereocenters. The molecule has 0 nitrogen and oxygen atoms in total. The lowest BCUT2D eigenvalue weighted by molar-refractivity contribution is 1.46. The van der Waals surface area contributed by atoms with E-state index >= 15 is 0 Å². The first-order valence-electron chi connectivity index (χ1n) is 3.69. The zero-order valence-corrected chi connectivity index (χ0v) is 8.15. The van der Waals surface area contributed by atoms with Crippen molar-refractivity contribution in [1.82, 2.24) is 0 Å². The van der Waals surface area contributed by atoms with E-state index in [0.29, 0.717) is 0 Å². The van der Waals surface area contributed by atoms with E-state index in [1.54, 1.807) is 0 Å². The van der Waals surface area contributed by atoms with Crippen LogP contribution in [-0.4, -0.2) is 0 Å². The van der Waals surface area contributed by atoms with Crippen LogP contribution in [0, 0.1) is 0 Å². The highest BCUT2D eigenvalue weighted by molar-refractivity contribution is 7.81. The van der Waals surface area contributed by atoms with Crippen molar-refractivity contribution in [3.05, 3.63) is 36.4 Å². The average Bonchev–Trinajstić information content (AvgIpc) is 2.04. The van der Waals surface area contributed by atoms with E-state index in [1.165, 1.54) is 5.39 Å². The number of thiol groups is 2. The van der Waals surface area contributed by atoms with Gasteiger partial charge in [0.1, 0.15) is 0 Å². The fraction of sp³-hybridized carbons (Fsp3) is 0. The van der Waals surface area contributed by atoms with E-state index in [4.69, 9.17) is 0 Å². The van der Waals surface area contributed by atoms with Gasteiger partial charge in [-0.1, -0.05) is 24.3 Å². The van der Waals surface area contributed by atoms with Gasteiger partial charge in [0.25, 0.3) is 0 Å². The van der Waals surface area contributed by atoms with Crippen LogP contribution >= 0.6 is 25.3 Å². The molecule has 60 valence electrons. The number of benzene rings is 2. The predicted molar refractivity (Wildman–Crippen MR) is 58.5 cm³/mol. The third kappa shape index (κ3) is 1.21. The minimum atomic E-state index is 0.984. The van der Waals surface area contributed by atoms with Crippen LogP contribution in [0.2, 0.25) is 0 Å². The standard InChI is InChI=1S/C10H8S2/c11-8-5-1-3-7-4-2-6-9(12)10(7)8/h1-6,11-12H. The molecule has 0 aliphatic heterocycles. The summed E-state index contributed by atoms with van der Waals surface area (Å²) in [5.74, 6) is 0. The Hall–Kier alpha value is -0.600. The Morgan fingerprint density at radius 1 is 0.750 bits per heavy atom. The maximum absolute atomic E-state index is 4.37. The monoisotopic (exact) mass is 192 g/mol. The van der Waals surface area contributed by atoms with Crippen LogP contribution in [-0.2, 0) is 0 Å². The van der Waals surface area contributed by atoms with E-state index in [1.807, 2.05) is 24.3 Å². The summed E-state index contributed by atoms with van der Waals surface area (Å²) in [6, 6.07) is 12.1. The molecule has 2 heteroatoms. The van der Waals surface area contributed by atoms with Gasteiger partial charge < -0.3 is 0 Å². The summed E-state index contributed by atoms with van der Waals surface area (Å²) in [5, 5.41) is 2.32. The predicted octanol–water partition coefficient (Wildman–Crippen LogP) is 3.42. The Morgan fingerprint density at radius 2 is 1.25 bits per heavy atom. The quantitative estimate of drug-likeness (QED) is 0.587. The summed E-state index contributed by atoms with van der Waals surface area (Å²) < 4.78 is 0. The van der Waals surface area contributed by atoms with E-state index in [9.17, 15) is 0 Å². The summed E-state index contributed by atoms with van der Waals surface area (Å²) in [5.41, 5.74) is 0. The van der Waals surface area contributed by atoms with Gasteiger partial charge in [-0.3, -0.25) is 0 Å². The van der Waals surface area contributed by atoms with Gasteiger partial charge in [-0.25, -0.2) is 0 Å². The minimum Gasteiger partial charge on any atom is -0.143 e. The molecule has 2 aromatic rings. The van der Waals surface area contributed by atoms with Gasteiger partial charge in [-0.15, -0.1) is 25.3 Å². The Bertz CT molecular complexity index is 384. The third-order valence-electron chi connectivity index (χ3n) is 1.86. The largest absolute Gasteiger partial charge is 0.143 e. The van der Waals surface area contributed by atoms with Crippen molar-refractivity contribution in [3.8, 4) is 0 Å². The van der Waals surface area contributed by atoms with Crippen LogP contribution in [0.3, 0.4) is 0 Å². The molecule has 0 aliphatic carbocycles. The highest BCUT2D eigenvalue weighted by Crippen LogP contribution is 2.27. The van der Waals surface area contributed by atoms with Crippen LogP contribution in [0.15, 0.2) is 46.2 Å². The molecule has 0 heterocycles. The average molecular weight is 192 g/mol. The van der Waals surface area contributed by atoms with Crippen LogP contribution in [0.5, 0.6) is 0 Å². The molecular formula is C10H8S2. The first kappa shape index (κ1) is 8.02. The molecule has 12 heavy (non-hydrogen) atoms. The van der Waals surface area contributed by atoms with Crippen molar-refractivity contribution in [2.75, 3.05) is 0 Å². The Kier molecular flexibility index (Phi) is 2.03. The molecule has 0 bridgehead atoms. The molecule has 0 unspecified atom stereocenters. The fourth-order valence-electron chi connectivity index (χ4n) is 1.30. The lowest BCUT2D eigenvalue weighted by Gasteiger charge is -2.02. The van der Waals surface area contributed by atoms with Crippen LogP contribution in [0.25, 0.3) is 10.8 Å². The highest BCUT2D eigenvalue weighted by atomic mass is 32.1. The van der Waals surface area contributed by atoms with Gasteiger partial charge in [0.2, 0.25) is 0 Å². The van der Waals surface area contributed by atoms with E-state index < -0.39 is 0 Å². The van der Waals surface area contributed by atoms with E-state index in [-0.39, 0.29) is 0 Å². The lowest BCUT2D eigenvalue weighted by Crippen LogP contribution is -1.76. The maximum atomic E-state index is 4.37. The van der Waals surface area contributed by atoms with Crippen molar-refractivity contribution in [2.45, 2.75) is 9.79 Å². The molecule has 0 spiro atoms. The molecule has 0 N–H and O–H groups in total. The first-order chi connectivity index (χ1) is 5.79. The molecule has 0 radical (unpaired) electrons. The number of fused-ring (bicyclic) bond motifs is 1. The van der Waals surface area contributed by atoms with Gasteiger partial charge >= 0.3 is 0 Å².